The second-order valence-corrected chi connectivity index (χ2v) is 5.14. The van der Waals surface area contributed by atoms with E-state index in [0.717, 1.165) is 19.3 Å². The van der Waals surface area contributed by atoms with Crippen LogP contribution in [-0.4, -0.2) is 38.9 Å². The first kappa shape index (κ1) is 21.4. The van der Waals surface area contributed by atoms with E-state index in [4.69, 9.17) is 14.2 Å². The zero-order valence-electron chi connectivity index (χ0n) is 14.0. The molecule has 3 atom stereocenters. The Bertz CT molecular complexity index is 293. The number of hydrogen-bond donors (Lipinski definition) is 0. The molecule has 0 aliphatic carbocycles. The van der Waals surface area contributed by atoms with Crippen molar-refractivity contribution in [1.82, 2.24) is 0 Å². The molecule has 0 aliphatic rings. The van der Waals surface area contributed by atoms with Crippen LogP contribution in [0, 0.1) is 5.92 Å². The lowest BCUT2D eigenvalue weighted by Crippen LogP contribution is -2.40. The van der Waals surface area contributed by atoms with Crippen molar-refractivity contribution in [3.63, 3.8) is 0 Å². The van der Waals surface area contributed by atoms with Gasteiger partial charge in [0.15, 0.2) is 6.29 Å². The van der Waals surface area contributed by atoms with E-state index in [0.29, 0.717) is 13.0 Å². The fourth-order valence-electron chi connectivity index (χ4n) is 2.11. The average molecular weight is 326 g/mol. The quantitative estimate of drug-likeness (QED) is 0.295. The van der Waals surface area contributed by atoms with Crippen LogP contribution in [0.15, 0.2) is 12.2 Å². The van der Waals surface area contributed by atoms with Crippen LogP contribution < -0.4 is 0 Å². The highest BCUT2D eigenvalue weighted by atomic mass is 19.4. The van der Waals surface area contributed by atoms with Crippen LogP contribution in [0.25, 0.3) is 0 Å². The van der Waals surface area contributed by atoms with Crippen molar-refractivity contribution in [3.05, 3.63) is 12.2 Å². The van der Waals surface area contributed by atoms with Gasteiger partial charge in [0.05, 0.1) is 12.7 Å². The van der Waals surface area contributed by atoms with E-state index in [2.05, 4.69) is 6.92 Å². The Morgan fingerprint density at radius 2 is 1.82 bits per heavy atom. The third-order valence-corrected chi connectivity index (χ3v) is 3.20. The summed E-state index contributed by atoms with van der Waals surface area (Å²) >= 11 is 0. The molecule has 0 spiro atoms. The van der Waals surface area contributed by atoms with Crippen molar-refractivity contribution in [3.8, 4) is 0 Å². The standard InChI is InChI=1S/C16H29F3O3/c1-5-7-8-9-10-11-14(16(17,18)19)15(12-20-4)22-13(3)21-6-2/h10-11,13-15H,5-9,12H2,1-4H3/b11-10+/t13?,14-,15+/m0/s1. The Morgan fingerprint density at radius 1 is 1.14 bits per heavy atom. The normalized spacial score (nSPS) is 16.9. The molecule has 132 valence electrons. The molecule has 22 heavy (non-hydrogen) atoms. The van der Waals surface area contributed by atoms with Crippen molar-refractivity contribution in [2.75, 3.05) is 20.3 Å². The number of ether oxygens (including phenoxy) is 3. The summed E-state index contributed by atoms with van der Waals surface area (Å²) in [6.07, 6.45) is 0.166. The molecule has 0 fully saturated rings. The Labute approximate surface area is 131 Å². The van der Waals surface area contributed by atoms with Crippen molar-refractivity contribution < 1.29 is 27.4 Å². The molecule has 0 saturated carbocycles. The van der Waals surface area contributed by atoms with Gasteiger partial charge in [0.1, 0.15) is 5.92 Å². The molecule has 0 amide bonds. The first-order chi connectivity index (χ1) is 10.4. The van der Waals surface area contributed by atoms with Crippen LogP contribution in [0.2, 0.25) is 0 Å². The molecule has 0 bridgehead atoms. The molecule has 0 aliphatic heterocycles. The highest BCUT2D eigenvalue weighted by Crippen LogP contribution is 2.32. The summed E-state index contributed by atoms with van der Waals surface area (Å²) in [7, 11) is 1.36. The molecule has 3 nitrogen and oxygen atoms in total. The summed E-state index contributed by atoms with van der Waals surface area (Å²) in [6.45, 7) is 5.65. The number of hydrogen-bond acceptors (Lipinski definition) is 3. The minimum absolute atomic E-state index is 0.138. The highest BCUT2D eigenvalue weighted by Gasteiger charge is 2.44. The van der Waals surface area contributed by atoms with E-state index in [9.17, 15) is 13.2 Å². The van der Waals surface area contributed by atoms with Gasteiger partial charge in [-0.2, -0.15) is 13.2 Å². The topological polar surface area (TPSA) is 27.7 Å². The third kappa shape index (κ3) is 9.43. The number of rotatable bonds is 12. The number of methoxy groups -OCH3 is 1. The summed E-state index contributed by atoms with van der Waals surface area (Å²) < 4.78 is 55.3. The summed E-state index contributed by atoms with van der Waals surface area (Å²) in [6, 6.07) is 0. The Morgan fingerprint density at radius 3 is 2.32 bits per heavy atom. The van der Waals surface area contributed by atoms with Crippen molar-refractivity contribution in [2.24, 2.45) is 5.92 Å². The van der Waals surface area contributed by atoms with Crippen LogP contribution in [0.5, 0.6) is 0 Å². The fourth-order valence-corrected chi connectivity index (χ4v) is 2.11. The second kappa shape index (κ2) is 11.9. The van der Waals surface area contributed by atoms with E-state index in [-0.39, 0.29) is 6.61 Å². The first-order valence-electron chi connectivity index (χ1n) is 7.86. The second-order valence-electron chi connectivity index (χ2n) is 5.14. The summed E-state index contributed by atoms with van der Waals surface area (Å²) in [5.41, 5.74) is 0. The maximum Gasteiger partial charge on any atom is 0.397 e. The van der Waals surface area contributed by atoms with Gasteiger partial charge in [-0.1, -0.05) is 31.9 Å². The molecule has 0 heterocycles. The molecular weight excluding hydrogens is 297 g/mol. The SMILES string of the molecule is CCCCC/C=C/[C@@H]([C@@H](COC)OC(C)OCC)C(F)(F)F. The Hall–Kier alpha value is -0.590. The molecule has 6 heteroatoms. The van der Waals surface area contributed by atoms with Crippen LogP contribution in [-0.2, 0) is 14.2 Å². The lowest BCUT2D eigenvalue weighted by molar-refractivity contribution is -0.234. The monoisotopic (exact) mass is 326 g/mol. The lowest BCUT2D eigenvalue weighted by atomic mass is 10.0. The predicted octanol–water partition coefficient (Wildman–Crippen LogP) is 4.72. The van der Waals surface area contributed by atoms with Crippen LogP contribution in [0.4, 0.5) is 13.2 Å². The maximum absolute atomic E-state index is 13.3. The fraction of sp³-hybridized carbons (Fsp3) is 0.875. The van der Waals surface area contributed by atoms with Gasteiger partial charge in [0.25, 0.3) is 0 Å². The van der Waals surface area contributed by atoms with E-state index in [1.165, 1.54) is 13.2 Å². The molecule has 0 aromatic carbocycles. The molecule has 0 aromatic heterocycles. The molecular formula is C16H29F3O3. The van der Waals surface area contributed by atoms with Gasteiger partial charge < -0.3 is 14.2 Å². The van der Waals surface area contributed by atoms with Crippen molar-refractivity contribution in [2.45, 2.75) is 65.0 Å². The highest BCUT2D eigenvalue weighted by molar-refractivity contribution is 4.96. The Balaban J connectivity index is 4.83. The predicted molar refractivity (Wildman–Crippen MR) is 80.7 cm³/mol. The van der Waals surface area contributed by atoms with Gasteiger partial charge in [-0.25, -0.2) is 0 Å². The lowest BCUT2D eigenvalue weighted by Gasteiger charge is -2.29. The molecule has 0 aromatic rings. The first-order valence-corrected chi connectivity index (χ1v) is 7.86. The Kier molecular flexibility index (Phi) is 11.6. The molecule has 1 unspecified atom stereocenters. The van der Waals surface area contributed by atoms with Gasteiger partial charge in [-0.3, -0.25) is 0 Å². The minimum Gasteiger partial charge on any atom is -0.382 e. The van der Waals surface area contributed by atoms with Crippen LogP contribution >= 0.6 is 0 Å². The largest absolute Gasteiger partial charge is 0.397 e. The van der Waals surface area contributed by atoms with Gasteiger partial charge >= 0.3 is 6.18 Å². The average Bonchev–Trinajstić information content (AvgIpc) is 2.41. The van der Waals surface area contributed by atoms with Gasteiger partial charge in [-0.05, 0) is 26.7 Å². The van der Waals surface area contributed by atoms with Crippen molar-refractivity contribution in [1.29, 1.82) is 0 Å². The summed E-state index contributed by atoms with van der Waals surface area (Å²) in [4.78, 5) is 0. The van der Waals surface area contributed by atoms with E-state index in [1.54, 1.807) is 19.9 Å². The molecule has 0 saturated heterocycles. The maximum atomic E-state index is 13.3. The number of allylic oxidation sites excluding steroid dienone is 1. The summed E-state index contributed by atoms with van der Waals surface area (Å²) in [5.74, 6) is -1.70. The minimum atomic E-state index is -4.38. The molecule has 0 N–H and O–H groups in total. The summed E-state index contributed by atoms with van der Waals surface area (Å²) in [5, 5.41) is 0. The van der Waals surface area contributed by atoms with E-state index < -0.39 is 24.5 Å². The van der Waals surface area contributed by atoms with Crippen LogP contribution in [0.1, 0.15) is 46.5 Å². The zero-order valence-corrected chi connectivity index (χ0v) is 14.0. The number of unbranched alkanes of at least 4 members (excludes halogenated alkanes) is 3. The molecule has 0 rings (SSSR count). The van der Waals surface area contributed by atoms with Gasteiger partial charge in [0, 0.05) is 13.7 Å². The number of alkyl halides is 3. The van der Waals surface area contributed by atoms with Gasteiger partial charge in [-0.15, -0.1) is 0 Å². The van der Waals surface area contributed by atoms with E-state index >= 15 is 0 Å². The van der Waals surface area contributed by atoms with Gasteiger partial charge in [0.2, 0.25) is 0 Å². The zero-order chi connectivity index (χ0) is 17.0. The van der Waals surface area contributed by atoms with Crippen molar-refractivity contribution >= 4 is 0 Å². The molecule has 0 radical (unpaired) electrons. The smallest absolute Gasteiger partial charge is 0.382 e. The third-order valence-electron chi connectivity index (χ3n) is 3.20. The van der Waals surface area contributed by atoms with Crippen LogP contribution in [0.3, 0.4) is 0 Å². The van der Waals surface area contributed by atoms with E-state index in [1.807, 2.05) is 0 Å². The number of halogens is 3.